The summed E-state index contributed by atoms with van der Waals surface area (Å²) in [7, 11) is 0. The molecule has 0 radical (unpaired) electrons. The molecular formula is C20H22F3N5O. The standard InChI is InChI=1S/C20H22F3N5O/c1-11(2)24-20(26-19(29)12-3-5-14(21)6-4-12)25-18-10-17(27-28-18)13-7-15(22)9-16(23)8-13/h3-9,11,17-18,27-28H,10H2,1-2H3,(H2,24,25,26,29). The molecule has 3 rings (SSSR count). The number of nitrogens with one attached hydrogen (secondary N) is 4. The van der Waals surface area contributed by atoms with E-state index in [-0.39, 0.29) is 29.8 Å². The number of carbonyl (C=O) groups excluding carboxylic acids is 1. The van der Waals surface area contributed by atoms with Crippen molar-refractivity contribution < 1.29 is 18.0 Å². The summed E-state index contributed by atoms with van der Waals surface area (Å²) in [5, 5.41) is 6.12. The molecule has 154 valence electrons. The van der Waals surface area contributed by atoms with Crippen LogP contribution in [0.4, 0.5) is 13.2 Å². The summed E-state index contributed by atoms with van der Waals surface area (Å²) in [6.07, 6.45) is 0.101. The monoisotopic (exact) mass is 405 g/mol. The predicted octanol–water partition coefficient (Wildman–Crippen LogP) is 2.75. The van der Waals surface area contributed by atoms with Gasteiger partial charge in [-0.25, -0.2) is 24.0 Å². The Labute approximate surface area is 166 Å². The molecule has 1 aliphatic rings. The van der Waals surface area contributed by atoms with Crippen molar-refractivity contribution in [2.75, 3.05) is 0 Å². The normalized spacial score (nSPS) is 19.4. The Bertz CT molecular complexity index is 881. The van der Waals surface area contributed by atoms with Crippen molar-refractivity contribution in [1.82, 2.24) is 21.5 Å². The summed E-state index contributed by atoms with van der Waals surface area (Å²) in [4.78, 5) is 16.4. The lowest BCUT2D eigenvalue weighted by atomic mass is 10.0. The van der Waals surface area contributed by atoms with Crippen molar-refractivity contribution in [2.45, 2.75) is 38.5 Å². The maximum atomic E-state index is 13.5. The van der Waals surface area contributed by atoms with Gasteiger partial charge in [0, 0.05) is 30.1 Å². The number of carbonyl (C=O) groups is 1. The molecule has 0 aliphatic carbocycles. The average molecular weight is 405 g/mol. The number of guanidine groups is 1. The molecule has 2 aromatic rings. The molecule has 1 heterocycles. The Morgan fingerprint density at radius 2 is 1.69 bits per heavy atom. The number of hydrazine groups is 1. The summed E-state index contributed by atoms with van der Waals surface area (Å²) in [6, 6.07) is 8.12. The minimum absolute atomic E-state index is 0.00950. The molecule has 0 spiro atoms. The van der Waals surface area contributed by atoms with Crippen molar-refractivity contribution in [3.63, 3.8) is 0 Å². The second-order valence-corrected chi connectivity index (χ2v) is 7.05. The fourth-order valence-corrected chi connectivity index (χ4v) is 2.95. The van der Waals surface area contributed by atoms with Crippen molar-refractivity contribution >= 4 is 11.9 Å². The number of benzene rings is 2. The van der Waals surface area contributed by atoms with Gasteiger partial charge in [0.1, 0.15) is 17.5 Å². The Morgan fingerprint density at radius 1 is 1.03 bits per heavy atom. The summed E-state index contributed by atoms with van der Waals surface area (Å²) in [5.74, 6) is -2.03. The molecule has 2 atom stereocenters. The van der Waals surface area contributed by atoms with Crippen molar-refractivity contribution in [3.05, 3.63) is 71.0 Å². The molecule has 29 heavy (non-hydrogen) atoms. The second-order valence-electron chi connectivity index (χ2n) is 7.05. The van der Waals surface area contributed by atoms with E-state index in [1.165, 1.54) is 36.4 Å². The lowest BCUT2D eigenvalue weighted by Gasteiger charge is -2.19. The zero-order valence-corrected chi connectivity index (χ0v) is 16.0. The number of amides is 1. The third-order valence-corrected chi connectivity index (χ3v) is 4.23. The first kappa shape index (κ1) is 20.8. The molecule has 1 amide bonds. The quantitative estimate of drug-likeness (QED) is 0.465. The van der Waals surface area contributed by atoms with Gasteiger partial charge in [0.05, 0.1) is 6.17 Å². The summed E-state index contributed by atoms with van der Waals surface area (Å²) in [5.41, 5.74) is 6.67. The molecule has 2 unspecified atom stereocenters. The van der Waals surface area contributed by atoms with E-state index in [1.54, 1.807) is 0 Å². The topological polar surface area (TPSA) is 77.5 Å². The number of rotatable bonds is 4. The van der Waals surface area contributed by atoms with Crippen LogP contribution in [0.15, 0.2) is 47.5 Å². The van der Waals surface area contributed by atoms with Crippen LogP contribution in [0.2, 0.25) is 0 Å². The smallest absolute Gasteiger partial charge is 0.280 e. The van der Waals surface area contributed by atoms with Gasteiger partial charge < -0.3 is 10.6 Å². The van der Waals surface area contributed by atoms with Crippen LogP contribution in [0, 0.1) is 17.5 Å². The zero-order valence-electron chi connectivity index (χ0n) is 16.0. The third-order valence-electron chi connectivity index (χ3n) is 4.23. The van der Waals surface area contributed by atoms with E-state index in [9.17, 15) is 18.0 Å². The Morgan fingerprint density at radius 3 is 2.31 bits per heavy atom. The minimum Gasteiger partial charge on any atom is -0.354 e. The van der Waals surface area contributed by atoms with E-state index < -0.39 is 23.4 Å². The highest BCUT2D eigenvalue weighted by molar-refractivity contribution is 6.02. The fourth-order valence-electron chi connectivity index (χ4n) is 2.95. The molecule has 4 N–H and O–H groups in total. The molecule has 1 aliphatic heterocycles. The number of halogens is 3. The highest BCUT2D eigenvalue weighted by atomic mass is 19.1. The van der Waals surface area contributed by atoms with Gasteiger partial charge in [-0.05, 0) is 55.8 Å². The molecular weight excluding hydrogens is 383 g/mol. The number of aliphatic imine (C=N–C) groups is 1. The van der Waals surface area contributed by atoms with E-state index in [2.05, 4.69) is 26.5 Å². The Hall–Kier alpha value is -2.91. The highest BCUT2D eigenvalue weighted by Crippen LogP contribution is 2.23. The van der Waals surface area contributed by atoms with Crippen molar-refractivity contribution in [3.8, 4) is 0 Å². The van der Waals surface area contributed by atoms with Gasteiger partial charge >= 0.3 is 0 Å². The van der Waals surface area contributed by atoms with Crippen LogP contribution in [-0.4, -0.2) is 24.1 Å². The SMILES string of the molecule is CC(C)N/C(=N/C(=O)c1ccc(F)cc1)NC1CC(c2cc(F)cc(F)c2)NN1. The van der Waals surface area contributed by atoms with Gasteiger partial charge in [-0.1, -0.05) is 0 Å². The van der Waals surface area contributed by atoms with Gasteiger partial charge in [0.25, 0.3) is 5.91 Å². The molecule has 0 bridgehead atoms. The van der Waals surface area contributed by atoms with E-state index in [1.807, 2.05) is 13.8 Å². The minimum atomic E-state index is -0.646. The van der Waals surface area contributed by atoms with Gasteiger partial charge in [-0.2, -0.15) is 4.99 Å². The van der Waals surface area contributed by atoms with Gasteiger partial charge in [-0.3, -0.25) is 4.79 Å². The maximum Gasteiger partial charge on any atom is 0.280 e. The van der Waals surface area contributed by atoms with Crippen LogP contribution < -0.4 is 21.5 Å². The first-order chi connectivity index (χ1) is 13.8. The largest absolute Gasteiger partial charge is 0.354 e. The van der Waals surface area contributed by atoms with Gasteiger partial charge in [0.2, 0.25) is 5.96 Å². The summed E-state index contributed by atoms with van der Waals surface area (Å²) >= 11 is 0. The number of hydrogen-bond donors (Lipinski definition) is 4. The molecule has 0 aromatic heterocycles. The zero-order chi connectivity index (χ0) is 21.0. The van der Waals surface area contributed by atoms with E-state index >= 15 is 0 Å². The van der Waals surface area contributed by atoms with E-state index in [0.717, 1.165) is 6.07 Å². The Kier molecular flexibility index (Phi) is 6.50. The first-order valence-corrected chi connectivity index (χ1v) is 9.19. The summed E-state index contributed by atoms with van der Waals surface area (Å²) < 4.78 is 40.0. The molecule has 1 fully saturated rings. The highest BCUT2D eigenvalue weighted by Gasteiger charge is 2.27. The molecule has 2 aromatic carbocycles. The predicted molar refractivity (Wildman–Crippen MR) is 103 cm³/mol. The van der Waals surface area contributed by atoms with Crippen LogP contribution in [0.3, 0.4) is 0 Å². The van der Waals surface area contributed by atoms with E-state index in [0.29, 0.717) is 12.0 Å². The average Bonchev–Trinajstić information content (AvgIpc) is 3.09. The lowest BCUT2D eigenvalue weighted by Crippen LogP contribution is -2.51. The van der Waals surface area contributed by atoms with E-state index in [4.69, 9.17) is 0 Å². The molecule has 6 nitrogen and oxygen atoms in total. The van der Waals surface area contributed by atoms with Crippen LogP contribution in [0.1, 0.15) is 42.2 Å². The number of nitrogens with zero attached hydrogens (tertiary/aromatic N) is 1. The van der Waals surface area contributed by atoms with Gasteiger partial charge in [-0.15, -0.1) is 0 Å². The third kappa shape index (κ3) is 5.78. The molecule has 1 saturated heterocycles. The van der Waals surface area contributed by atoms with Crippen molar-refractivity contribution in [1.29, 1.82) is 0 Å². The maximum absolute atomic E-state index is 13.5. The Balaban J connectivity index is 1.70. The van der Waals surface area contributed by atoms with Crippen LogP contribution in [0.5, 0.6) is 0 Å². The van der Waals surface area contributed by atoms with Crippen molar-refractivity contribution in [2.24, 2.45) is 4.99 Å². The van der Waals surface area contributed by atoms with Crippen LogP contribution in [0.25, 0.3) is 0 Å². The van der Waals surface area contributed by atoms with Crippen LogP contribution in [-0.2, 0) is 0 Å². The number of hydrogen-bond acceptors (Lipinski definition) is 3. The fraction of sp³-hybridized carbons (Fsp3) is 0.300. The lowest BCUT2D eigenvalue weighted by molar-refractivity contribution is 0.100. The van der Waals surface area contributed by atoms with Gasteiger partial charge in [0.15, 0.2) is 0 Å². The first-order valence-electron chi connectivity index (χ1n) is 9.19. The molecule has 0 saturated carbocycles. The second kappa shape index (κ2) is 9.06. The molecule has 9 heteroatoms. The summed E-state index contributed by atoms with van der Waals surface area (Å²) in [6.45, 7) is 3.77. The van der Waals surface area contributed by atoms with Crippen LogP contribution >= 0.6 is 0 Å².